The standard InChI is InChI=1S/C14H11F3N4O5/c1-6(22)20-13(14(15,16)17)8-9(18-11(13)24)21(12(25)19-10(8)23)5-7-3-2-4-26-7/h2-4H,5H2,1H3,(H,18,24)(H,20,22)(H,19,23,25)/t13-/m1/s1. The van der Waals surface area contributed by atoms with Gasteiger partial charge in [-0.3, -0.25) is 23.9 Å². The van der Waals surface area contributed by atoms with Gasteiger partial charge < -0.3 is 15.1 Å². The number of hydrogen-bond donors (Lipinski definition) is 3. The quantitative estimate of drug-likeness (QED) is 0.700. The van der Waals surface area contributed by atoms with E-state index in [1.165, 1.54) is 23.7 Å². The number of carbonyl (C=O) groups excluding carboxylic acids is 2. The Labute approximate surface area is 141 Å². The number of fused-ring (bicyclic) bond motifs is 1. The van der Waals surface area contributed by atoms with Crippen molar-refractivity contribution in [3.05, 3.63) is 50.6 Å². The number of alkyl halides is 3. The summed E-state index contributed by atoms with van der Waals surface area (Å²) in [6, 6.07) is 2.94. The van der Waals surface area contributed by atoms with Crippen molar-refractivity contribution in [2.45, 2.75) is 25.2 Å². The number of aromatic amines is 1. The molecular weight excluding hydrogens is 361 g/mol. The number of rotatable bonds is 3. The van der Waals surface area contributed by atoms with Crippen LogP contribution in [0.2, 0.25) is 0 Å². The summed E-state index contributed by atoms with van der Waals surface area (Å²) in [5, 5.41) is 3.40. The van der Waals surface area contributed by atoms with Gasteiger partial charge in [-0.1, -0.05) is 0 Å². The molecule has 0 bridgehead atoms. The fourth-order valence-electron chi connectivity index (χ4n) is 2.80. The van der Waals surface area contributed by atoms with E-state index in [2.05, 4.69) is 0 Å². The van der Waals surface area contributed by atoms with Gasteiger partial charge >= 0.3 is 11.9 Å². The van der Waals surface area contributed by atoms with Crippen LogP contribution in [0.15, 0.2) is 32.4 Å². The van der Waals surface area contributed by atoms with Crippen LogP contribution in [0.5, 0.6) is 0 Å². The van der Waals surface area contributed by atoms with E-state index in [0.29, 0.717) is 4.57 Å². The van der Waals surface area contributed by atoms with Crippen LogP contribution in [-0.4, -0.2) is 27.5 Å². The number of furan rings is 1. The SMILES string of the molecule is CC(=O)N[C@@]1(C(F)(F)F)C(=O)Nc2c1c(=O)[nH]c(=O)n2Cc1ccco1. The molecule has 138 valence electrons. The molecule has 1 atom stereocenters. The van der Waals surface area contributed by atoms with Crippen LogP contribution in [0.1, 0.15) is 18.2 Å². The summed E-state index contributed by atoms with van der Waals surface area (Å²) in [5.41, 5.74) is -7.21. The maximum Gasteiger partial charge on any atom is 0.425 e. The second kappa shape index (κ2) is 5.61. The summed E-state index contributed by atoms with van der Waals surface area (Å²) in [6.07, 6.45) is -4.06. The normalized spacial score (nSPS) is 19.2. The molecule has 0 fully saturated rings. The van der Waals surface area contributed by atoms with Crippen molar-refractivity contribution in [1.82, 2.24) is 14.9 Å². The Kier molecular flexibility index (Phi) is 3.78. The molecule has 0 aromatic carbocycles. The zero-order valence-electron chi connectivity index (χ0n) is 13.1. The van der Waals surface area contributed by atoms with Crippen LogP contribution in [0.3, 0.4) is 0 Å². The Balaban J connectivity index is 2.31. The number of aromatic nitrogens is 2. The van der Waals surface area contributed by atoms with Crippen molar-refractivity contribution < 1.29 is 27.2 Å². The van der Waals surface area contributed by atoms with Crippen LogP contribution in [0.25, 0.3) is 0 Å². The van der Waals surface area contributed by atoms with Crippen molar-refractivity contribution in [2.75, 3.05) is 5.32 Å². The number of nitrogens with zero attached hydrogens (tertiary/aromatic N) is 1. The lowest BCUT2D eigenvalue weighted by molar-refractivity contribution is -0.200. The first-order valence-corrected chi connectivity index (χ1v) is 7.15. The largest absolute Gasteiger partial charge is 0.467 e. The topological polar surface area (TPSA) is 126 Å². The van der Waals surface area contributed by atoms with Gasteiger partial charge in [0.25, 0.3) is 11.5 Å². The van der Waals surface area contributed by atoms with Crippen LogP contribution < -0.4 is 21.9 Å². The fraction of sp³-hybridized carbons (Fsp3) is 0.286. The van der Waals surface area contributed by atoms with Gasteiger partial charge in [0.2, 0.25) is 11.4 Å². The Hall–Kier alpha value is -3.31. The molecule has 2 amide bonds. The Bertz CT molecular complexity index is 1010. The van der Waals surface area contributed by atoms with Crippen LogP contribution in [-0.2, 0) is 21.7 Å². The van der Waals surface area contributed by atoms with Crippen LogP contribution >= 0.6 is 0 Å². The number of halogens is 3. The van der Waals surface area contributed by atoms with Gasteiger partial charge in [-0.2, -0.15) is 13.2 Å². The molecule has 0 saturated heterocycles. The van der Waals surface area contributed by atoms with Crippen molar-refractivity contribution in [2.24, 2.45) is 0 Å². The number of anilines is 1. The smallest absolute Gasteiger partial charge is 0.425 e. The van der Waals surface area contributed by atoms with E-state index in [0.717, 1.165) is 6.92 Å². The summed E-state index contributed by atoms with van der Waals surface area (Å²) >= 11 is 0. The molecule has 0 aliphatic carbocycles. The second-order valence-corrected chi connectivity index (χ2v) is 5.53. The van der Waals surface area contributed by atoms with Crippen molar-refractivity contribution >= 4 is 17.6 Å². The Morgan fingerprint density at radius 1 is 1.35 bits per heavy atom. The van der Waals surface area contributed by atoms with E-state index in [1.807, 2.05) is 5.32 Å². The first kappa shape index (κ1) is 17.5. The molecule has 9 nitrogen and oxygen atoms in total. The maximum absolute atomic E-state index is 13.8. The zero-order valence-corrected chi connectivity index (χ0v) is 13.1. The molecule has 3 rings (SSSR count). The second-order valence-electron chi connectivity index (χ2n) is 5.53. The minimum Gasteiger partial charge on any atom is -0.467 e. The van der Waals surface area contributed by atoms with Crippen molar-refractivity contribution in [1.29, 1.82) is 0 Å². The summed E-state index contributed by atoms with van der Waals surface area (Å²) in [6.45, 7) is 0.422. The summed E-state index contributed by atoms with van der Waals surface area (Å²) in [5.74, 6) is -3.35. The van der Waals surface area contributed by atoms with Crippen LogP contribution in [0, 0.1) is 0 Å². The minimum atomic E-state index is -5.34. The lowest BCUT2D eigenvalue weighted by Crippen LogP contribution is -2.61. The first-order chi connectivity index (χ1) is 12.1. The predicted octanol–water partition coefficient (Wildman–Crippen LogP) is 0.0237. The molecule has 0 saturated carbocycles. The monoisotopic (exact) mass is 372 g/mol. The molecule has 26 heavy (non-hydrogen) atoms. The fourth-order valence-corrected chi connectivity index (χ4v) is 2.80. The van der Waals surface area contributed by atoms with E-state index in [4.69, 9.17) is 4.42 Å². The Morgan fingerprint density at radius 2 is 2.04 bits per heavy atom. The third-order valence-electron chi connectivity index (χ3n) is 3.83. The molecular formula is C14H11F3N4O5. The lowest BCUT2D eigenvalue weighted by Gasteiger charge is -2.29. The van der Waals surface area contributed by atoms with Gasteiger partial charge in [0.15, 0.2) is 0 Å². The number of carbonyl (C=O) groups is 2. The molecule has 0 unspecified atom stereocenters. The van der Waals surface area contributed by atoms with Crippen LogP contribution in [0.4, 0.5) is 19.0 Å². The molecule has 0 radical (unpaired) electrons. The molecule has 12 heteroatoms. The molecule has 0 spiro atoms. The van der Waals surface area contributed by atoms with Crippen molar-refractivity contribution in [3.63, 3.8) is 0 Å². The molecule has 2 aromatic rings. The third kappa shape index (κ3) is 2.41. The number of H-pyrrole nitrogens is 1. The summed E-state index contributed by atoms with van der Waals surface area (Å²) < 4.78 is 47.0. The van der Waals surface area contributed by atoms with Gasteiger partial charge in [0, 0.05) is 6.92 Å². The van der Waals surface area contributed by atoms with Gasteiger partial charge in [-0.15, -0.1) is 0 Å². The average molecular weight is 372 g/mol. The van der Waals surface area contributed by atoms with Crippen molar-refractivity contribution in [3.8, 4) is 0 Å². The van der Waals surface area contributed by atoms with E-state index in [1.54, 1.807) is 4.98 Å². The van der Waals surface area contributed by atoms with E-state index in [9.17, 15) is 32.3 Å². The van der Waals surface area contributed by atoms with Gasteiger partial charge in [0.1, 0.15) is 17.1 Å². The van der Waals surface area contributed by atoms with Gasteiger partial charge in [-0.05, 0) is 12.1 Å². The third-order valence-corrected chi connectivity index (χ3v) is 3.83. The zero-order chi connectivity index (χ0) is 19.3. The first-order valence-electron chi connectivity index (χ1n) is 7.15. The van der Waals surface area contributed by atoms with E-state index in [-0.39, 0.29) is 12.3 Å². The molecule has 2 aromatic heterocycles. The lowest BCUT2D eigenvalue weighted by atomic mass is 9.92. The molecule has 3 N–H and O–H groups in total. The highest BCUT2D eigenvalue weighted by Gasteiger charge is 2.68. The molecule has 3 heterocycles. The van der Waals surface area contributed by atoms with E-state index < -0.39 is 46.2 Å². The maximum atomic E-state index is 13.8. The average Bonchev–Trinajstić information content (AvgIpc) is 3.10. The number of amides is 2. The summed E-state index contributed by atoms with van der Waals surface area (Å²) in [7, 11) is 0. The molecule has 1 aliphatic heterocycles. The van der Waals surface area contributed by atoms with Gasteiger partial charge in [0.05, 0.1) is 12.8 Å². The van der Waals surface area contributed by atoms with E-state index >= 15 is 0 Å². The number of hydrogen-bond acceptors (Lipinski definition) is 5. The molecule has 1 aliphatic rings. The summed E-state index contributed by atoms with van der Waals surface area (Å²) in [4.78, 5) is 49.5. The highest BCUT2D eigenvalue weighted by atomic mass is 19.4. The van der Waals surface area contributed by atoms with Gasteiger partial charge in [-0.25, -0.2) is 4.79 Å². The Morgan fingerprint density at radius 3 is 2.58 bits per heavy atom. The highest BCUT2D eigenvalue weighted by molar-refractivity contribution is 6.07. The minimum absolute atomic E-state index is 0.194. The number of nitrogens with one attached hydrogen (secondary N) is 3. The highest BCUT2D eigenvalue weighted by Crippen LogP contribution is 2.44. The predicted molar refractivity (Wildman–Crippen MR) is 79.3 cm³/mol.